The van der Waals surface area contributed by atoms with Crippen LogP contribution in [0.3, 0.4) is 0 Å². The third-order valence-corrected chi connectivity index (χ3v) is 4.15. The Balaban J connectivity index is 2.27. The fourth-order valence-electron chi connectivity index (χ4n) is 2.79. The summed E-state index contributed by atoms with van der Waals surface area (Å²) in [6.07, 6.45) is 0.769. The molecule has 3 aromatic rings. The molecule has 3 rings (SSSR count). The summed E-state index contributed by atoms with van der Waals surface area (Å²) >= 11 is 0. The number of benzene rings is 2. The molecule has 0 aliphatic heterocycles. The van der Waals surface area contributed by atoms with Crippen molar-refractivity contribution < 1.29 is 23.4 Å². The van der Waals surface area contributed by atoms with Crippen LogP contribution in [0.25, 0.3) is 22.3 Å². The van der Waals surface area contributed by atoms with Crippen molar-refractivity contribution in [2.24, 2.45) is 0 Å². The first kappa shape index (κ1) is 18.6. The molecule has 0 saturated carbocycles. The van der Waals surface area contributed by atoms with E-state index in [9.17, 15) is 4.79 Å². The number of hydrogen-bond donors (Lipinski definition) is 0. The number of ether oxygens (including phenoxy) is 4. The van der Waals surface area contributed by atoms with E-state index in [2.05, 4.69) is 0 Å². The van der Waals surface area contributed by atoms with Gasteiger partial charge in [0.25, 0.3) is 0 Å². The first-order valence-corrected chi connectivity index (χ1v) is 8.63. The SMILES string of the molecule is CCCOc1c(-c2ccc(OC)c(OC)c2)oc2cc(OC)ccc2c1=O. The molecule has 0 atom stereocenters. The first-order valence-electron chi connectivity index (χ1n) is 8.63. The monoisotopic (exact) mass is 370 g/mol. The largest absolute Gasteiger partial charge is 0.497 e. The van der Waals surface area contributed by atoms with E-state index in [-0.39, 0.29) is 11.2 Å². The van der Waals surface area contributed by atoms with Gasteiger partial charge < -0.3 is 23.4 Å². The number of hydrogen-bond acceptors (Lipinski definition) is 6. The Labute approximate surface area is 157 Å². The van der Waals surface area contributed by atoms with Crippen molar-refractivity contribution in [3.8, 4) is 34.3 Å². The van der Waals surface area contributed by atoms with E-state index in [4.69, 9.17) is 23.4 Å². The molecule has 0 radical (unpaired) electrons. The molecule has 142 valence electrons. The topological polar surface area (TPSA) is 67.1 Å². The lowest BCUT2D eigenvalue weighted by Crippen LogP contribution is -2.11. The second-order valence-electron chi connectivity index (χ2n) is 5.87. The predicted octanol–water partition coefficient (Wildman–Crippen LogP) is 4.27. The van der Waals surface area contributed by atoms with Crippen molar-refractivity contribution in [3.05, 3.63) is 46.6 Å². The molecule has 0 amide bonds. The maximum absolute atomic E-state index is 13.0. The van der Waals surface area contributed by atoms with E-state index in [1.165, 1.54) is 0 Å². The highest BCUT2D eigenvalue weighted by Gasteiger charge is 2.19. The quantitative estimate of drug-likeness (QED) is 0.619. The zero-order valence-electron chi connectivity index (χ0n) is 15.8. The summed E-state index contributed by atoms with van der Waals surface area (Å²) in [5.74, 6) is 2.25. The second-order valence-corrected chi connectivity index (χ2v) is 5.87. The van der Waals surface area contributed by atoms with Gasteiger partial charge in [-0.1, -0.05) is 6.92 Å². The molecule has 6 nitrogen and oxygen atoms in total. The Morgan fingerprint density at radius 1 is 0.926 bits per heavy atom. The Bertz CT molecular complexity index is 1010. The van der Waals surface area contributed by atoms with Crippen LogP contribution in [-0.4, -0.2) is 27.9 Å². The molecular formula is C21H22O6. The smallest absolute Gasteiger partial charge is 0.235 e. The minimum Gasteiger partial charge on any atom is -0.497 e. The van der Waals surface area contributed by atoms with Crippen molar-refractivity contribution >= 4 is 11.0 Å². The zero-order chi connectivity index (χ0) is 19.4. The molecule has 0 bridgehead atoms. The number of fused-ring (bicyclic) bond motifs is 1. The minimum absolute atomic E-state index is 0.182. The van der Waals surface area contributed by atoms with Crippen molar-refractivity contribution in [1.82, 2.24) is 0 Å². The molecule has 2 aromatic carbocycles. The Kier molecular flexibility index (Phi) is 5.54. The van der Waals surface area contributed by atoms with Gasteiger partial charge in [-0.05, 0) is 36.8 Å². The number of rotatable bonds is 7. The van der Waals surface area contributed by atoms with Gasteiger partial charge in [-0.3, -0.25) is 4.79 Å². The molecule has 1 aromatic heterocycles. The summed E-state index contributed by atoms with van der Waals surface area (Å²) in [5.41, 5.74) is 0.852. The van der Waals surface area contributed by atoms with Crippen LogP contribution in [0.2, 0.25) is 0 Å². The fraction of sp³-hybridized carbons (Fsp3) is 0.286. The Morgan fingerprint density at radius 3 is 2.37 bits per heavy atom. The maximum Gasteiger partial charge on any atom is 0.235 e. The summed E-state index contributed by atoms with van der Waals surface area (Å²) in [4.78, 5) is 13.0. The van der Waals surface area contributed by atoms with Crippen LogP contribution in [0.5, 0.6) is 23.0 Å². The van der Waals surface area contributed by atoms with Crippen LogP contribution in [0.1, 0.15) is 13.3 Å². The van der Waals surface area contributed by atoms with Crippen molar-refractivity contribution in [2.75, 3.05) is 27.9 Å². The fourth-order valence-corrected chi connectivity index (χ4v) is 2.79. The van der Waals surface area contributed by atoms with E-state index in [1.807, 2.05) is 6.92 Å². The van der Waals surface area contributed by atoms with Gasteiger partial charge in [-0.25, -0.2) is 0 Å². The van der Waals surface area contributed by atoms with E-state index in [0.717, 1.165) is 6.42 Å². The highest BCUT2D eigenvalue weighted by Crippen LogP contribution is 2.37. The summed E-state index contributed by atoms with van der Waals surface area (Å²) < 4.78 is 27.7. The predicted molar refractivity (Wildman–Crippen MR) is 103 cm³/mol. The molecule has 0 N–H and O–H groups in total. The summed E-state index contributed by atoms with van der Waals surface area (Å²) in [6.45, 7) is 2.39. The lowest BCUT2D eigenvalue weighted by molar-refractivity contribution is 0.308. The van der Waals surface area contributed by atoms with Crippen molar-refractivity contribution in [3.63, 3.8) is 0 Å². The maximum atomic E-state index is 13.0. The number of methoxy groups -OCH3 is 3. The summed E-state index contributed by atoms with van der Waals surface area (Å²) in [5, 5.41) is 0.436. The lowest BCUT2D eigenvalue weighted by atomic mass is 10.1. The van der Waals surface area contributed by atoms with Crippen molar-refractivity contribution in [2.45, 2.75) is 13.3 Å². The zero-order valence-corrected chi connectivity index (χ0v) is 15.8. The minimum atomic E-state index is -0.225. The van der Waals surface area contributed by atoms with Gasteiger partial charge in [0.2, 0.25) is 11.2 Å². The highest BCUT2D eigenvalue weighted by atomic mass is 16.5. The average molecular weight is 370 g/mol. The molecule has 0 aliphatic carbocycles. The van der Waals surface area contributed by atoms with Crippen LogP contribution < -0.4 is 24.4 Å². The molecule has 0 saturated heterocycles. The van der Waals surface area contributed by atoms with E-state index in [0.29, 0.717) is 46.1 Å². The Hall–Kier alpha value is -3.15. The summed E-state index contributed by atoms with van der Waals surface area (Å²) in [7, 11) is 4.68. The van der Waals surface area contributed by atoms with Gasteiger partial charge in [0.1, 0.15) is 11.3 Å². The van der Waals surface area contributed by atoms with E-state index >= 15 is 0 Å². The van der Waals surface area contributed by atoms with Gasteiger partial charge >= 0.3 is 0 Å². The second kappa shape index (κ2) is 8.03. The van der Waals surface area contributed by atoms with Crippen molar-refractivity contribution in [1.29, 1.82) is 0 Å². The van der Waals surface area contributed by atoms with Gasteiger partial charge in [0.15, 0.2) is 17.3 Å². The summed E-state index contributed by atoms with van der Waals surface area (Å²) in [6, 6.07) is 10.4. The molecule has 0 spiro atoms. The van der Waals surface area contributed by atoms with Gasteiger partial charge in [-0.2, -0.15) is 0 Å². The van der Waals surface area contributed by atoms with E-state index in [1.54, 1.807) is 57.7 Å². The van der Waals surface area contributed by atoms with Crippen LogP contribution >= 0.6 is 0 Å². The average Bonchev–Trinajstić information content (AvgIpc) is 2.71. The normalized spacial score (nSPS) is 10.7. The molecule has 0 fully saturated rings. The molecule has 6 heteroatoms. The van der Waals surface area contributed by atoms with Crippen LogP contribution in [-0.2, 0) is 0 Å². The third kappa shape index (κ3) is 3.56. The third-order valence-electron chi connectivity index (χ3n) is 4.15. The van der Waals surface area contributed by atoms with Crippen LogP contribution in [0, 0.1) is 0 Å². The van der Waals surface area contributed by atoms with Gasteiger partial charge in [-0.15, -0.1) is 0 Å². The van der Waals surface area contributed by atoms with E-state index < -0.39 is 0 Å². The molecule has 1 heterocycles. The molecule has 27 heavy (non-hydrogen) atoms. The van der Waals surface area contributed by atoms with Crippen LogP contribution in [0.4, 0.5) is 0 Å². The molecular weight excluding hydrogens is 348 g/mol. The lowest BCUT2D eigenvalue weighted by Gasteiger charge is -2.13. The standard InChI is InChI=1S/C21H22O6/c1-5-10-26-21-19(22)15-8-7-14(23-2)12-17(15)27-20(21)13-6-9-16(24-3)18(11-13)25-4/h6-9,11-12H,5,10H2,1-4H3. The molecule has 0 unspecified atom stereocenters. The molecule has 0 aliphatic rings. The van der Waals surface area contributed by atoms with Gasteiger partial charge in [0, 0.05) is 11.6 Å². The van der Waals surface area contributed by atoms with Crippen LogP contribution in [0.15, 0.2) is 45.6 Å². The highest BCUT2D eigenvalue weighted by molar-refractivity contribution is 5.83. The first-order chi connectivity index (χ1) is 13.1. The van der Waals surface area contributed by atoms with Gasteiger partial charge in [0.05, 0.1) is 33.3 Å². The Morgan fingerprint density at radius 2 is 1.70 bits per heavy atom.